The molecule has 9 nitrogen and oxygen atoms in total. The van der Waals surface area contributed by atoms with Gasteiger partial charge < -0.3 is 4.42 Å². The number of anilines is 1. The highest BCUT2D eigenvalue weighted by Crippen LogP contribution is 2.24. The van der Waals surface area contributed by atoms with E-state index in [0.717, 1.165) is 4.47 Å². The van der Waals surface area contributed by atoms with E-state index in [1.54, 1.807) is 54.6 Å². The van der Waals surface area contributed by atoms with Crippen LogP contribution in [0.25, 0.3) is 11.3 Å². The fraction of sp³-hybridized carbons (Fsp3) is 0. The summed E-state index contributed by atoms with van der Waals surface area (Å²) in [7, 11) is -3.82. The summed E-state index contributed by atoms with van der Waals surface area (Å²) in [5.41, 5.74) is 3.57. The van der Waals surface area contributed by atoms with Crippen molar-refractivity contribution in [1.82, 2.24) is 15.4 Å². The number of amides is 1. The number of hydrogen-bond donors (Lipinski definition) is 2. The van der Waals surface area contributed by atoms with E-state index in [0.29, 0.717) is 22.6 Å². The molecule has 2 N–H and O–H groups in total. The molecule has 0 spiro atoms. The van der Waals surface area contributed by atoms with Crippen LogP contribution < -0.4 is 10.1 Å². The Morgan fingerprint density at radius 1 is 0.970 bits per heavy atom. The van der Waals surface area contributed by atoms with Gasteiger partial charge in [0.1, 0.15) is 11.5 Å². The van der Waals surface area contributed by atoms with Crippen LogP contribution >= 0.6 is 15.9 Å². The summed E-state index contributed by atoms with van der Waals surface area (Å²) in [5.74, 6) is 0.570. The van der Waals surface area contributed by atoms with E-state index in [1.807, 2.05) is 0 Å². The second-order valence-electron chi connectivity index (χ2n) is 6.61. The molecule has 2 aromatic heterocycles. The molecule has 0 unspecified atom stereocenters. The Morgan fingerprint density at radius 2 is 1.67 bits per heavy atom. The molecule has 0 fully saturated rings. The lowest BCUT2D eigenvalue weighted by molar-refractivity contribution is 0.0955. The zero-order chi connectivity index (χ0) is 23.3. The number of rotatable bonds is 7. The number of hydrazone groups is 1. The molecule has 0 aliphatic rings. The van der Waals surface area contributed by atoms with Crippen molar-refractivity contribution in [3.8, 4) is 11.3 Å². The lowest BCUT2D eigenvalue weighted by Crippen LogP contribution is -2.17. The molecule has 1 amide bonds. The minimum atomic E-state index is -3.82. The van der Waals surface area contributed by atoms with Crippen LogP contribution in [0.5, 0.6) is 0 Å². The highest BCUT2D eigenvalue weighted by molar-refractivity contribution is 9.10. The maximum Gasteiger partial charge on any atom is 0.271 e. The Bertz CT molecular complexity index is 1390. The number of aromatic nitrogens is 2. The second kappa shape index (κ2) is 9.76. The van der Waals surface area contributed by atoms with Gasteiger partial charge in [0.25, 0.3) is 15.9 Å². The van der Waals surface area contributed by atoms with Crippen LogP contribution in [-0.2, 0) is 10.0 Å². The third-order valence-electron chi connectivity index (χ3n) is 4.33. The topological polar surface area (TPSA) is 127 Å². The number of sulfonamides is 1. The highest BCUT2D eigenvalue weighted by atomic mass is 79.9. The SMILES string of the molecule is O=C(NN=Cc1ccc(-c2ccc(S(=O)(=O)Nc3ncccn3)cc2)o1)c1ccc(Br)cc1. The predicted molar refractivity (Wildman–Crippen MR) is 126 cm³/mol. The molecule has 0 atom stereocenters. The normalized spacial score (nSPS) is 11.4. The van der Waals surface area contributed by atoms with Gasteiger partial charge in [-0.2, -0.15) is 5.10 Å². The molecular formula is C22H16BrN5O4S. The molecule has 0 aliphatic carbocycles. The number of carbonyl (C=O) groups is 1. The van der Waals surface area contributed by atoms with Gasteiger partial charge in [0, 0.05) is 28.0 Å². The summed E-state index contributed by atoms with van der Waals surface area (Å²) in [6, 6.07) is 18.0. The van der Waals surface area contributed by atoms with Gasteiger partial charge in [-0.1, -0.05) is 15.9 Å². The van der Waals surface area contributed by atoms with Gasteiger partial charge in [-0.3, -0.25) is 4.79 Å². The van der Waals surface area contributed by atoms with E-state index in [4.69, 9.17) is 4.42 Å². The molecule has 4 aromatic rings. The second-order valence-corrected chi connectivity index (χ2v) is 9.21. The summed E-state index contributed by atoms with van der Waals surface area (Å²) in [4.78, 5) is 19.8. The number of carbonyl (C=O) groups excluding carboxylic acids is 1. The van der Waals surface area contributed by atoms with Crippen molar-refractivity contribution in [2.45, 2.75) is 4.90 Å². The van der Waals surface area contributed by atoms with Gasteiger partial charge in [0.2, 0.25) is 5.95 Å². The largest absolute Gasteiger partial charge is 0.455 e. The van der Waals surface area contributed by atoms with Crippen molar-refractivity contribution in [2.24, 2.45) is 5.10 Å². The first-order chi connectivity index (χ1) is 15.9. The van der Waals surface area contributed by atoms with E-state index in [9.17, 15) is 13.2 Å². The van der Waals surface area contributed by atoms with Gasteiger partial charge in [0.15, 0.2) is 0 Å². The quantitative estimate of drug-likeness (QED) is 0.276. The van der Waals surface area contributed by atoms with Crippen molar-refractivity contribution in [2.75, 3.05) is 4.72 Å². The Balaban J connectivity index is 1.40. The molecule has 2 heterocycles. The number of nitrogens with one attached hydrogen (secondary N) is 2. The van der Waals surface area contributed by atoms with Gasteiger partial charge in [-0.05, 0) is 66.7 Å². The molecule has 0 saturated carbocycles. The van der Waals surface area contributed by atoms with Crippen LogP contribution in [0.15, 0.2) is 98.0 Å². The van der Waals surface area contributed by atoms with Crippen LogP contribution in [-0.4, -0.2) is 30.5 Å². The number of hydrogen-bond acceptors (Lipinski definition) is 7. The third kappa shape index (κ3) is 5.70. The average Bonchev–Trinajstić information content (AvgIpc) is 3.29. The standard InChI is InChI=1S/C22H16BrN5O4S/c23-17-6-2-16(3-7-17)21(29)27-26-14-18-8-11-20(32-18)15-4-9-19(10-5-15)33(30,31)28-22-24-12-1-13-25-22/h1-14H,(H,27,29)(H,24,25,28). The van der Waals surface area contributed by atoms with Crippen LogP contribution in [0.2, 0.25) is 0 Å². The van der Waals surface area contributed by atoms with E-state index in [2.05, 4.69) is 41.1 Å². The Hall–Kier alpha value is -3.83. The molecule has 0 saturated heterocycles. The molecule has 33 heavy (non-hydrogen) atoms. The summed E-state index contributed by atoms with van der Waals surface area (Å²) in [5, 5.41) is 3.90. The molecular weight excluding hydrogens is 510 g/mol. The van der Waals surface area contributed by atoms with Crippen molar-refractivity contribution < 1.29 is 17.6 Å². The Morgan fingerprint density at radius 3 is 2.36 bits per heavy atom. The van der Waals surface area contributed by atoms with Gasteiger partial charge >= 0.3 is 0 Å². The predicted octanol–water partition coefficient (Wildman–Crippen LogP) is 4.06. The fourth-order valence-electron chi connectivity index (χ4n) is 2.73. The first kappa shape index (κ1) is 22.4. The molecule has 0 bridgehead atoms. The third-order valence-corrected chi connectivity index (χ3v) is 6.20. The Kier molecular flexibility index (Phi) is 6.61. The average molecular weight is 526 g/mol. The van der Waals surface area contributed by atoms with Crippen molar-refractivity contribution in [3.63, 3.8) is 0 Å². The molecule has 11 heteroatoms. The number of furan rings is 1. The molecule has 166 valence electrons. The highest BCUT2D eigenvalue weighted by Gasteiger charge is 2.16. The maximum atomic E-state index is 12.5. The van der Waals surface area contributed by atoms with Crippen LogP contribution in [0, 0.1) is 0 Å². The minimum absolute atomic E-state index is 0.0104. The molecule has 0 aliphatic heterocycles. The van der Waals surface area contributed by atoms with Crippen LogP contribution in [0.3, 0.4) is 0 Å². The summed E-state index contributed by atoms with van der Waals surface area (Å²) in [6.07, 6.45) is 4.26. The lowest BCUT2D eigenvalue weighted by Gasteiger charge is -2.06. The molecule has 4 rings (SSSR count). The maximum absolute atomic E-state index is 12.5. The van der Waals surface area contributed by atoms with E-state index >= 15 is 0 Å². The first-order valence-corrected chi connectivity index (χ1v) is 11.8. The zero-order valence-corrected chi connectivity index (χ0v) is 19.2. The van der Waals surface area contributed by atoms with Gasteiger partial charge in [-0.15, -0.1) is 0 Å². The van der Waals surface area contributed by atoms with Crippen LogP contribution in [0.4, 0.5) is 5.95 Å². The van der Waals surface area contributed by atoms with Crippen molar-refractivity contribution in [3.05, 3.63) is 94.9 Å². The van der Waals surface area contributed by atoms with E-state index in [-0.39, 0.29) is 16.8 Å². The fourth-order valence-corrected chi connectivity index (χ4v) is 3.95. The van der Waals surface area contributed by atoms with Gasteiger partial charge in [0.05, 0.1) is 11.1 Å². The summed E-state index contributed by atoms with van der Waals surface area (Å²) in [6.45, 7) is 0. The first-order valence-electron chi connectivity index (χ1n) is 9.50. The van der Waals surface area contributed by atoms with Crippen LogP contribution in [0.1, 0.15) is 16.1 Å². The Labute approximate surface area is 197 Å². The minimum Gasteiger partial charge on any atom is -0.455 e. The molecule has 0 radical (unpaired) electrons. The summed E-state index contributed by atoms with van der Waals surface area (Å²) >= 11 is 3.31. The van der Waals surface area contributed by atoms with Crippen molar-refractivity contribution in [1.29, 1.82) is 0 Å². The number of halogens is 1. The summed E-state index contributed by atoms with van der Waals surface area (Å²) < 4.78 is 33.8. The lowest BCUT2D eigenvalue weighted by atomic mass is 10.2. The zero-order valence-electron chi connectivity index (χ0n) is 16.8. The number of nitrogens with zero attached hydrogens (tertiary/aromatic N) is 3. The number of benzene rings is 2. The van der Waals surface area contributed by atoms with E-state index in [1.165, 1.54) is 30.7 Å². The smallest absolute Gasteiger partial charge is 0.271 e. The van der Waals surface area contributed by atoms with Crippen molar-refractivity contribution >= 4 is 44.0 Å². The monoisotopic (exact) mass is 525 g/mol. The van der Waals surface area contributed by atoms with Gasteiger partial charge in [-0.25, -0.2) is 28.5 Å². The molecule has 2 aromatic carbocycles. The van der Waals surface area contributed by atoms with E-state index < -0.39 is 10.0 Å².